The van der Waals surface area contributed by atoms with E-state index >= 15 is 0 Å². The fourth-order valence-electron chi connectivity index (χ4n) is 0.742. The number of pyridine rings is 1. The molecule has 5 heteroatoms. The lowest BCUT2D eigenvalue weighted by Gasteiger charge is -2.04. The van der Waals surface area contributed by atoms with E-state index in [4.69, 9.17) is 0 Å². The van der Waals surface area contributed by atoms with Crippen LogP contribution in [0.25, 0.3) is 0 Å². The lowest BCUT2D eigenvalue weighted by Crippen LogP contribution is -2.11. The Morgan fingerprint density at radius 1 is 1.25 bits per heavy atom. The number of nitrogens with zero attached hydrogens (tertiary/aromatic N) is 1. The second-order valence-electron chi connectivity index (χ2n) is 2.28. The van der Waals surface area contributed by atoms with E-state index in [2.05, 4.69) is 4.98 Å². The second kappa shape index (κ2) is 3.08. The highest BCUT2D eigenvalue weighted by atomic mass is 19.4. The van der Waals surface area contributed by atoms with Gasteiger partial charge < -0.3 is 0 Å². The third kappa shape index (κ3) is 2.86. The summed E-state index contributed by atoms with van der Waals surface area (Å²) in [5.41, 5.74) is -0.0381. The van der Waals surface area contributed by atoms with Crippen LogP contribution in [0.5, 0.6) is 0 Å². The minimum Gasteiger partial charge on any atom is -0.228 e. The van der Waals surface area contributed by atoms with Gasteiger partial charge in [0.1, 0.15) is 0 Å². The lowest BCUT2D eigenvalue weighted by atomic mass is 10.2. The summed E-state index contributed by atoms with van der Waals surface area (Å²) in [4.78, 5) is 3.10. The van der Waals surface area contributed by atoms with Crippen LogP contribution in [0.1, 0.15) is 5.56 Å². The van der Waals surface area contributed by atoms with Crippen molar-refractivity contribution >= 4 is 0 Å². The van der Waals surface area contributed by atoms with Gasteiger partial charge in [-0.1, -0.05) is 6.07 Å². The standard InChI is InChI=1S/C7H5F4N/c8-6-2-1-5(4-12-6)3-7(9,10)11/h1-2,4H,3H2. The van der Waals surface area contributed by atoms with Crippen molar-refractivity contribution in [2.45, 2.75) is 12.6 Å². The Bertz CT molecular complexity index is 251. The number of halogens is 4. The predicted molar refractivity (Wildman–Crippen MR) is 34.0 cm³/mol. The van der Waals surface area contributed by atoms with Crippen LogP contribution >= 0.6 is 0 Å². The van der Waals surface area contributed by atoms with E-state index in [0.29, 0.717) is 0 Å². The van der Waals surface area contributed by atoms with Crippen molar-refractivity contribution in [1.82, 2.24) is 4.98 Å². The quantitative estimate of drug-likeness (QED) is 0.476. The molecule has 0 aliphatic carbocycles. The highest BCUT2D eigenvalue weighted by Gasteiger charge is 2.27. The van der Waals surface area contributed by atoms with E-state index in [0.717, 1.165) is 18.3 Å². The van der Waals surface area contributed by atoms with Gasteiger partial charge in [0, 0.05) is 6.20 Å². The smallest absolute Gasteiger partial charge is 0.228 e. The molecule has 1 nitrogen and oxygen atoms in total. The highest BCUT2D eigenvalue weighted by Crippen LogP contribution is 2.20. The molecule has 0 fully saturated rings. The molecule has 0 atom stereocenters. The number of aromatic nitrogens is 1. The van der Waals surface area contributed by atoms with Crippen LogP contribution in [0.4, 0.5) is 17.6 Å². The molecule has 12 heavy (non-hydrogen) atoms. The molecule has 1 aromatic rings. The maximum absolute atomic E-state index is 12.1. The first-order valence-corrected chi connectivity index (χ1v) is 3.14. The molecular formula is C7H5F4N. The van der Waals surface area contributed by atoms with Gasteiger partial charge in [-0.15, -0.1) is 0 Å². The SMILES string of the molecule is Fc1ccc(CC(F)(F)F)cn1. The van der Waals surface area contributed by atoms with Crippen molar-refractivity contribution < 1.29 is 17.6 Å². The molecule has 0 aliphatic heterocycles. The minimum absolute atomic E-state index is 0.0381. The molecule has 0 aromatic carbocycles. The number of rotatable bonds is 1. The van der Waals surface area contributed by atoms with E-state index in [9.17, 15) is 17.6 Å². The zero-order valence-corrected chi connectivity index (χ0v) is 5.90. The predicted octanol–water partition coefficient (Wildman–Crippen LogP) is 2.33. The Balaban J connectivity index is 2.71. The first-order valence-electron chi connectivity index (χ1n) is 3.14. The molecule has 0 radical (unpaired) electrons. The molecule has 0 saturated heterocycles. The molecule has 0 N–H and O–H groups in total. The van der Waals surface area contributed by atoms with E-state index in [1.807, 2.05) is 0 Å². The number of hydrogen-bond acceptors (Lipinski definition) is 1. The maximum atomic E-state index is 12.1. The summed E-state index contributed by atoms with van der Waals surface area (Å²) in [6.45, 7) is 0. The lowest BCUT2D eigenvalue weighted by molar-refractivity contribution is -0.127. The van der Waals surface area contributed by atoms with Gasteiger partial charge in [-0.2, -0.15) is 17.6 Å². The topological polar surface area (TPSA) is 12.9 Å². The molecule has 1 aromatic heterocycles. The van der Waals surface area contributed by atoms with Crippen LogP contribution in [-0.2, 0) is 6.42 Å². The zero-order chi connectivity index (χ0) is 9.19. The minimum atomic E-state index is -4.26. The average Bonchev–Trinajstić information content (AvgIpc) is 1.91. The Hall–Kier alpha value is -1.13. The Morgan fingerprint density at radius 2 is 1.92 bits per heavy atom. The summed E-state index contributed by atoms with van der Waals surface area (Å²) in [6, 6.07) is 1.97. The molecule has 66 valence electrons. The van der Waals surface area contributed by atoms with Crippen molar-refractivity contribution in [2.24, 2.45) is 0 Å². The molecule has 0 saturated carbocycles. The molecule has 0 aliphatic rings. The Labute approximate surface area is 66.0 Å². The van der Waals surface area contributed by atoms with Crippen molar-refractivity contribution in [3.05, 3.63) is 29.8 Å². The van der Waals surface area contributed by atoms with Gasteiger partial charge in [0.25, 0.3) is 0 Å². The monoisotopic (exact) mass is 179 g/mol. The van der Waals surface area contributed by atoms with E-state index in [1.165, 1.54) is 0 Å². The average molecular weight is 179 g/mol. The van der Waals surface area contributed by atoms with Crippen LogP contribution in [0, 0.1) is 5.95 Å². The van der Waals surface area contributed by atoms with Gasteiger partial charge in [-0.3, -0.25) is 0 Å². The summed E-state index contributed by atoms with van der Waals surface area (Å²) in [5.74, 6) is -0.777. The van der Waals surface area contributed by atoms with Gasteiger partial charge >= 0.3 is 6.18 Å². The highest BCUT2D eigenvalue weighted by molar-refractivity contribution is 5.10. The van der Waals surface area contributed by atoms with Gasteiger partial charge in [-0.25, -0.2) is 4.98 Å². The third-order valence-electron chi connectivity index (χ3n) is 1.19. The van der Waals surface area contributed by atoms with Crippen LogP contribution in [-0.4, -0.2) is 11.2 Å². The normalized spacial score (nSPS) is 11.7. The molecular weight excluding hydrogens is 174 g/mol. The molecule has 0 unspecified atom stereocenters. The maximum Gasteiger partial charge on any atom is 0.393 e. The van der Waals surface area contributed by atoms with Crippen LogP contribution < -0.4 is 0 Å². The fraction of sp³-hybridized carbons (Fsp3) is 0.286. The van der Waals surface area contributed by atoms with E-state index < -0.39 is 18.5 Å². The molecule has 1 rings (SSSR count). The van der Waals surface area contributed by atoms with Gasteiger partial charge in [0.15, 0.2) is 0 Å². The molecule has 0 amide bonds. The second-order valence-corrected chi connectivity index (χ2v) is 2.28. The number of alkyl halides is 3. The fourth-order valence-corrected chi connectivity index (χ4v) is 0.742. The van der Waals surface area contributed by atoms with Crippen molar-refractivity contribution in [1.29, 1.82) is 0 Å². The summed E-state index contributed by atoms with van der Waals surface area (Å²) >= 11 is 0. The largest absolute Gasteiger partial charge is 0.393 e. The van der Waals surface area contributed by atoms with Crippen molar-refractivity contribution in [3.63, 3.8) is 0 Å². The first-order chi connectivity index (χ1) is 5.47. The third-order valence-corrected chi connectivity index (χ3v) is 1.19. The summed E-state index contributed by atoms with van der Waals surface area (Å²) in [7, 11) is 0. The van der Waals surface area contributed by atoms with E-state index in [1.54, 1.807) is 0 Å². The van der Waals surface area contributed by atoms with Crippen LogP contribution in [0.2, 0.25) is 0 Å². The summed E-state index contributed by atoms with van der Waals surface area (Å²) in [6.07, 6.45) is -4.46. The van der Waals surface area contributed by atoms with Crippen molar-refractivity contribution in [2.75, 3.05) is 0 Å². The van der Waals surface area contributed by atoms with Gasteiger partial charge in [0.2, 0.25) is 5.95 Å². The molecule has 1 heterocycles. The van der Waals surface area contributed by atoms with E-state index in [-0.39, 0.29) is 5.56 Å². The summed E-state index contributed by atoms with van der Waals surface area (Å²) in [5, 5.41) is 0. The molecule has 0 spiro atoms. The Kier molecular flexibility index (Phi) is 2.30. The van der Waals surface area contributed by atoms with Gasteiger partial charge in [0.05, 0.1) is 6.42 Å². The van der Waals surface area contributed by atoms with Crippen LogP contribution in [0.3, 0.4) is 0 Å². The number of hydrogen-bond donors (Lipinski definition) is 0. The molecule has 0 bridgehead atoms. The summed E-state index contributed by atoms with van der Waals surface area (Å²) < 4.78 is 47.3. The van der Waals surface area contributed by atoms with Crippen LogP contribution in [0.15, 0.2) is 18.3 Å². The first kappa shape index (κ1) is 8.96. The zero-order valence-electron chi connectivity index (χ0n) is 5.90. The van der Waals surface area contributed by atoms with Crippen molar-refractivity contribution in [3.8, 4) is 0 Å². The van der Waals surface area contributed by atoms with Gasteiger partial charge in [-0.05, 0) is 11.6 Å². The Morgan fingerprint density at radius 3 is 2.33 bits per heavy atom.